The average molecular weight is 167 g/mol. The van der Waals surface area contributed by atoms with Gasteiger partial charge in [0.25, 0.3) is 0 Å². The van der Waals surface area contributed by atoms with Gasteiger partial charge in [0.05, 0.1) is 12.2 Å². The van der Waals surface area contributed by atoms with Crippen molar-refractivity contribution in [3.05, 3.63) is 11.6 Å². The molecule has 0 fully saturated rings. The van der Waals surface area contributed by atoms with Gasteiger partial charge < -0.3 is 4.74 Å². The molecular formula is C8H9NO3. The monoisotopic (exact) mass is 167 g/mol. The maximum absolute atomic E-state index is 11.0. The van der Waals surface area contributed by atoms with Crippen LogP contribution in [0.4, 0.5) is 0 Å². The highest BCUT2D eigenvalue weighted by atomic mass is 16.5. The average Bonchev–Trinajstić information content (AvgIpc) is 2.06. The van der Waals surface area contributed by atoms with Crippen LogP contribution in [0.5, 0.6) is 0 Å². The first kappa shape index (κ1) is 8.64. The van der Waals surface area contributed by atoms with Gasteiger partial charge in [0.15, 0.2) is 0 Å². The molecule has 4 heteroatoms. The smallest absolute Gasteiger partial charge is 0.339 e. The first-order valence-corrected chi connectivity index (χ1v) is 3.68. The molecule has 0 radical (unpaired) electrons. The summed E-state index contributed by atoms with van der Waals surface area (Å²) >= 11 is 0. The molecule has 0 saturated carbocycles. The minimum Gasteiger partial charge on any atom is -0.462 e. The van der Waals surface area contributed by atoms with E-state index in [9.17, 15) is 9.59 Å². The van der Waals surface area contributed by atoms with Gasteiger partial charge in [-0.3, -0.25) is 4.79 Å². The van der Waals surface area contributed by atoms with Crippen LogP contribution in [0, 0.1) is 0 Å². The lowest BCUT2D eigenvalue weighted by atomic mass is 10.2. The highest BCUT2D eigenvalue weighted by molar-refractivity contribution is 6.13. The van der Waals surface area contributed by atoms with Crippen molar-refractivity contribution in [1.82, 2.24) is 0 Å². The second-order valence-corrected chi connectivity index (χ2v) is 2.24. The van der Waals surface area contributed by atoms with E-state index in [2.05, 4.69) is 4.99 Å². The van der Waals surface area contributed by atoms with E-state index in [0.717, 1.165) is 0 Å². The van der Waals surface area contributed by atoms with E-state index in [1.165, 1.54) is 12.3 Å². The highest BCUT2D eigenvalue weighted by Gasteiger charge is 2.12. The second kappa shape index (κ2) is 3.80. The van der Waals surface area contributed by atoms with Crippen LogP contribution in [0.15, 0.2) is 16.6 Å². The first-order valence-electron chi connectivity index (χ1n) is 3.68. The van der Waals surface area contributed by atoms with E-state index < -0.39 is 5.97 Å². The number of rotatable bonds is 2. The lowest BCUT2D eigenvalue weighted by Gasteiger charge is -2.03. The molecule has 0 bridgehead atoms. The van der Waals surface area contributed by atoms with E-state index in [1.807, 2.05) is 0 Å². The molecule has 1 heterocycles. The molecule has 0 aromatic heterocycles. The molecule has 0 unspecified atom stereocenters. The SMILES string of the molecule is CCOC(=O)C1=CCC(=O)N=C1. The van der Waals surface area contributed by atoms with E-state index in [-0.39, 0.29) is 12.3 Å². The Bertz CT molecular complexity index is 265. The summed E-state index contributed by atoms with van der Waals surface area (Å²) in [5.41, 5.74) is 0.358. The molecule has 0 aromatic carbocycles. The van der Waals surface area contributed by atoms with Crippen LogP contribution in [-0.2, 0) is 14.3 Å². The molecule has 64 valence electrons. The molecule has 0 aromatic rings. The molecular weight excluding hydrogens is 158 g/mol. The largest absolute Gasteiger partial charge is 0.462 e. The van der Waals surface area contributed by atoms with Gasteiger partial charge in [-0.25, -0.2) is 9.79 Å². The number of amides is 1. The van der Waals surface area contributed by atoms with Crippen molar-refractivity contribution in [1.29, 1.82) is 0 Å². The summed E-state index contributed by atoms with van der Waals surface area (Å²) in [6.07, 6.45) is 2.95. The molecule has 1 rings (SSSR count). The van der Waals surface area contributed by atoms with Crippen LogP contribution in [0.3, 0.4) is 0 Å². The Balaban J connectivity index is 2.60. The molecule has 0 aliphatic carbocycles. The van der Waals surface area contributed by atoms with Crippen LogP contribution in [0.1, 0.15) is 13.3 Å². The molecule has 1 aliphatic rings. The Morgan fingerprint density at radius 1 is 1.75 bits per heavy atom. The summed E-state index contributed by atoms with van der Waals surface area (Å²) in [6.45, 7) is 2.06. The molecule has 1 amide bonds. The van der Waals surface area contributed by atoms with Gasteiger partial charge in [-0.05, 0) is 6.92 Å². The maximum Gasteiger partial charge on any atom is 0.339 e. The standard InChI is InChI=1S/C8H9NO3/c1-2-12-8(11)6-3-4-7(10)9-5-6/h3,5H,2,4H2,1H3. The van der Waals surface area contributed by atoms with Crippen LogP contribution >= 0.6 is 0 Å². The highest BCUT2D eigenvalue weighted by Crippen LogP contribution is 2.03. The van der Waals surface area contributed by atoms with Gasteiger partial charge >= 0.3 is 5.97 Å². The number of carbonyl (C=O) groups excluding carboxylic acids is 2. The van der Waals surface area contributed by atoms with Gasteiger partial charge in [0.1, 0.15) is 0 Å². The fourth-order valence-electron chi connectivity index (χ4n) is 0.795. The molecule has 0 saturated heterocycles. The van der Waals surface area contributed by atoms with Crippen molar-refractivity contribution >= 4 is 18.1 Å². The topological polar surface area (TPSA) is 55.7 Å². The van der Waals surface area contributed by atoms with Gasteiger partial charge in [-0.2, -0.15) is 0 Å². The maximum atomic E-state index is 11.0. The minimum absolute atomic E-state index is 0.185. The normalized spacial score (nSPS) is 15.8. The van der Waals surface area contributed by atoms with Crippen molar-refractivity contribution in [3.63, 3.8) is 0 Å². The van der Waals surface area contributed by atoms with Crippen LogP contribution in [-0.4, -0.2) is 24.7 Å². The van der Waals surface area contributed by atoms with Gasteiger partial charge in [-0.15, -0.1) is 0 Å². The predicted molar refractivity (Wildman–Crippen MR) is 42.8 cm³/mol. The van der Waals surface area contributed by atoms with Crippen molar-refractivity contribution in [2.75, 3.05) is 6.61 Å². The Labute approximate surface area is 69.9 Å². The fourth-order valence-corrected chi connectivity index (χ4v) is 0.795. The van der Waals surface area contributed by atoms with Gasteiger partial charge in [0.2, 0.25) is 5.91 Å². The number of nitrogens with zero attached hydrogens (tertiary/aromatic N) is 1. The second-order valence-electron chi connectivity index (χ2n) is 2.24. The Morgan fingerprint density at radius 3 is 3.00 bits per heavy atom. The Morgan fingerprint density at radius 2 is 2.50 bits per heavy atom. The van der Waals surface area contributed by atoms with Crippen molar-refractivity contribution < 1.29 is 14.3 Å². The summed E-state index contributed by atoms with van der Waals surface area (Å²) in [5.74, 6) is -0.656. The third kappa shape index (κ3) is 2.02. The fraction of sp³-hybridized carbons (Fsp3) is 0.375. The summed E-state index contributed by atoms with van der Waals surface area (Å²) in [6, 6.07) is 0. The summed E-state index contributed by atoms with van der Waals surface area (Å²) < 4.78 is 4.71. The number of dihydropyridines is 1. The van der Waals surface area contributed by atoms with Crippen molar-refractivity contribution in [3.8, 4) is 0 Å². The lowest BCUT2D eigenvalue weighted by molar-refractivity contribution is -0.137. The Hall–Kier alpha value is -1.45. The summed E-state index contributed by atoms with van der Waals surface area (Å²) in [4.78, 5) is 25.1. The third-order valence-electron chi connectivity index (χ3n) is 1.36. The third-order valence-corrected chi connectivity index (χ3v) is 1.36. The molecule has 4 nitrogen and oxygen atoms in total. The predicted octanol–water partition coefficient (Wildman–Crippen LogP) is 0.477. The quantitative estimate of drug-likeness (QED) is 0.562. The molecule has 0 N–H and O–H groups in total. The van der Waals surface area contributed by atoms with Crippen LogP contribution < -0.4 is 0 Å². The Kier molecular flexibility index (Phi) is 2.74. The zero-order valence-corrected chi connectivity index (χ0v) is 6.74. The molecule has 1 aliphatic heterocycles. The van der Waals surface area contributed by atoms with E-state index >= 15 is 0 Å². The lowest BCUT2D eigenvalue weighted by Crippen LogP contribution is -2.12. The minimum atomic E-state index is -0.422. The number of ether oxygens (including phenoxy) is 1. The number of hydrogen-bond acceptors (Lipinski definition) is 3. The summed E-state index contributed by atoms with van der Waals surface area (Å²) in [5, 5.41) is 0. The van der Waals surface area contributed by atoms with Gasteiger partial charge in [0, 0.05) is 12.6 Å². The molecule has 12 heavy (non-hydrogen) atoms. The zero-order chi connectivity index (χ0) is 8.97. The number of esters is 1. The van der Waals surface area contributed by atoms with Crippen LogP contribution in [0.2, 0.25) is 0 Å². The van der Waals surface area contributed by atoms with Gasteiger partial charge in [-0.1, -0.05) is 6.08 Å². The number of aliphatic imine (C=N–C) groups is 1. The van der Waals surface area contributed by atoms with Crippen molar-refractivity contribution in [2.45, 2.75) is 13.3 Å². The van der Waals surface area contributed by atoms with Crippen molar-refractivity contribution in [2.24, 2.45) is 4.99 Å². The van der Waals surface area contributed by atoms with Crippen LogP contribution in [0.25, 0.3) is 0 Å². The summed E-state index contributed by atoms with van der Waals surface area (Å²) in [7, 11) is 0. The number of carbonyl (C=O) groups is 2. The number of hydrogen-bond donors (Lipinski definition) is 0. The zero-order valence-electron chi connectivity index (χ0n) is 6.74. The van der Waals surface area contributed by atoms with E-state index in [4.69, 9.17) is 4.74 Å². The van der Waals surface area contributed by atoms with E-state index in [1.54, 1.807) is 6.92 Å². The first-order chi connectivity index (χ1) is 5.74. The molecule has 0 atom stereocenters. The molecule has 0 spiro atoms. The van der Waals surface area contributed by atoms with E-state index in [0.29, 0.717) is 12.2 Å².